The fourth-order valence-corrected chi connectivity index (χ4v) is 2.32. The summed E-state index contributed by atoms with van der Waals surface area (Å²) in [6.07, 6.45) is 3.42. The molecule has 15 heavy (non-hydrogen) atoms. The largest absolute Gasteiger partial charge is 0.371 e. The first-order valence-corrected chi connectivity index (χ1v) is 5.92. The van der Waals surface area contributed by atoms with Crippen molar-refractivity contribution in [3.63, 3.8) is 0 Å². The summed E-state index contributed by atoms with van der Waals surface area (Å²) in [5.41, 5.74) is 9.91. The molecule has 2 N–H and O–H groups in total. The molecule has 0 aromatic heterocycles. The second kappa shape index (κ2) is 4.67. The van der Waals surface area contributed by atoms with Gasteiger partial charge < -0.3 is 10.6 Å². The first kappa shape index (κ1) is 10.5. The lowest BCUT2D eigenvalue weighted by Gasteiger charge is -2.18. The first-order valence-electron chi connectivity index (χ1n) is 5.92. The Morgan fingerprint density at radius 3 is 3.00 bits per heavy atom. The van der Waals surface area contributed by atoms with Gasteiger partial charge in [-0.15, -0.1) is 0 Å². The monoisotopic (exact) mass is 204 g/mol. The second-order valence-electron chi connectivity index (χ2n) is 4.24. The van der Waals surface area contributed by atoms with Gasteiger partial charge in [0.1, 0.15) is 0 Å². The molecule has 1 aromatic rings. The zero-order chi connectivity index (χ0) is 10.7. The molecule has 2 heteroatoms. The molecule has 0 saturated heterocycles. The van der Waals surface area contributed by atoms with Crippen molar-refractivity contribution in [2.75, 3.05) is 24.5 Å². The molecule has 1 heterocycles. The highest BCUT2D eigenvalue weighted by Crippen LogP contribution is 2.29. The van der Waals surface area contributed by atoms with Crippen LogP contribution in [0.1, 0.15) is 24.5 Å². The molecular weight excluding hydrogens is 184 g/mol. The minimum absolute atomic E-state index is 0.743. The normalized spacial score (nSPS) is 14.4. The minimum Gasteiger partial charge on any atom is -0.371 e. The maximum atomic E-state index is 5.59. The summed E-state index contributed by atoms with van der Waals surface area (Å²) in [4.78, 5) is 2.50. The molecule has 1 aromatic carbocycles. The van der Waals surface area contributed by atoms with Crippen LogP contribution >= 0.6 is 0 Å². The number of fused-ring (bicyclic) bond motifs is 1. The van der Waals surface area contributed by atoms with Crippen LogP contribution in [0.2, 0.25) is 0 Å². The molecule has 0 atom stereocenters. The SMILES string of the molecule is CCCN1CCc2ccc(CCN)cc21. The van der Waals surface area contributed by atoms with E-state index in [1.807, 2.05) is 0 Å². The van der Waals surface area contributed by atoms with Gasteiger partial charge >= 0.3 is 0 Å². The van der Waals surface area contributed by atoms with Gasteiger partial charge in [-0.05, 0) is 43.0 Å². The summed E-state index contributed by atoms with van der Waals surface area (Å²) < 4.78 is 0. The van der Waals surface area contributed by atoms with Gasteiger partial charge in [-0.25, -0.2) is 0 Å². The van der Waals surface area contributed by atoms with E-state index in [0.717, 1.165) is 13.0 Å². The second-order valence-corrected chi connectivity index (χ2v) is 4.24. The van der Waals surface area contributed by atoms with Crippen LogP contribution in [0.4, 0.5) is 5.69 Å². The smallest absolute Gasteiger partial charge is 0.0402 e. The van der Waals surface area contributed by atoms with Crippen molar-refractivity contribution in [2.45, 2.75) is 26.2 Å². The van der Waals surface area contributed by atoms with E-state index < -0.39 is 0 Å². The Balaban J connectivity index is 2.21. The Kier molecular flexibility index (Phi) is 3.27. The molecule has 1 aliphatic rings. The number of anilines is 1. The highest BCUT2D eigenvalue weighted by Gasteiger charge is 2.17. The van der Waals surface area contributed by atoms with Crippen LogP contribution < -0.4 is 10.6 Å². The van der Waals surface area contributed by atoms with Gasteiger partial charge in [-0.3, -0.25) is 0 Å². The molecule has 0 saturated carbocycles. The number of nitrogens with zero attached hydrogens (tertiary/aromatic N) is 1. The highest BCUT2D eigenvalue weighted by atomic mass is 15.1. The fraction of sp³-hybridized carbons (Fsp3) is 0.538. The van der Waals surface area contributed by atoms with Gasteiger partial charge in [0.15, 0.2) is 0 Å². The fourth-order valence-electron chi connectivity index (χ4n) is 2.32. The maximum absolute atomic E-state index is 5.59. The van der Waals surface area contributed by atoms with E-state index in [1.54, 1.807) is 0 Å². The summed E-state index contributed by atoms with van der Waals surface area (Å²) in [6.45, 7) is 5.35. The summed E-state index contributed by atoms with van der Waals surface area (Å²) in [6, 6.07) is 6.82. The molecule has 0 fully saturated rings. The molecule has 82 valence electrons. The quantitative estimate of drug-likeness (QED) is 0.812. The molecule has 0 radical (unpaired) electrons. The lowest BCUT2D eigenvalue weighted by Crippen LogP contribution is -2.21. The molecular formula is C13H20N2. The molecule has 2 nitrogen and oxygen atoms in total. The van der Waals surface area contributed by atoms with Crippen molar-refractivity contribution < 1.29 is 0 Å². The summed E-state index contributed by atoms with van der Waals surface area (Å²) in [5.74, 6) is 0. The van der Waals surface area contributed by atoms with Crippen LogP contribution in [0.25, 0.3) is 0 Å². The van der Waals surface area contributed by atoms with Crippen molar-refractivity contribution in [1.82, 2.24) is 0 Å². The van der Waals surface area contributed by atoms with Gasteiger partial charge in [-0.2, -0.15) is 0 Å². The average Bonchev–Trinajstić information content (AvgIpc) is 2.63. The maximum Gasteiger partial charge on any atom is 0.0402 e. The van der Waals surface area contributed by atoms with Gasteiger partial charge in [0.25, 0.3) is 0 Å². The predicted molar refractivity (Wildman–Crippen MR) is 65.4 cm³/mol. The van der Waals surface area contributed by atoms with E-state index in [2.05, 4.69) is 30.0 Å². The van der Waals surface area contributed by atoms with Crippen molar-refractivity contribution in [2.24, 2.45) is 5.73 Å². The Hall–Kier alpha value is -1.02. The molecule has 0 spiro atoms. The number of rotatable bonds is 4. The summed E-state index contributed by atoms with van der Waals surface area (Å²) in [7, 11) is 0. The van der Waals surface area contributed by atoms with Crippen LogP contribution in [0.5, 0.6) is 0 Å². The van der Waals surface area contributed by atoms with Crippen molar-refractivity contribution in [1.29, 1.82) is 0 Å². The summed E-state index contributed by atoms with van der Waals surface area (Å²) >= 11 is 0. The van der Waals surface area contributed by atoms with E-state index in [0.29, 0.717) is 0 Å². The lowest BCUT2D eigenvalue weighted by molar-refractivity contribution is 0.796. The molecule has 1 aliphatic heterocycles. The van der Waals surface area contributed by atoms with Crippen molar-refractivity contribution in [3.8, 4) is 0 Å². The third-order valence-electron chi connectivity index (χ3n) is 3.07. The number of benzene rings is 1. The Morgan fingerprint density at radius 1 is 1.40 bits per heavy atom. The molecule has 0 amide bonds. The topological polar surface area (TPSA) is 29.3 Å². The molecule has 2 rings (SSSR count). The molecule has 0 bridgehead atoms. The molecule has 0 aliphatic carbocycles. The van der Waals surface area contributed by atoms with Crippen LogP contribution in [-0.2, 0) is 12.8 Å². The van der Waals surface area contributed by atoms with E-state index in [1.165, 1.54) is 42.7 Å². The third-order valence-corrected chi connectivity index (χ3v) is 3.07. The summed E-state index contributed by atoms with van der Waals surface area (Å²) in [5, 5.41) is 0. The zero-order valence-corrected chi connectivity index (χ0v) is 9.50. The Bertz CT molecular complexity index is 331. The average molecular weight is 204 g/mol. The Morgan fingerprint density at radius 2 is 2.27 bits per heavy atom. The standard InChI is InChI=1S/C13H20N2/c1-2-8-15-9-6-12-4-3-11(5-7-14)10-13(12)15/h3-4,10H,2,5-9,14H2,1H3. The number of hydrogen-bond donors (Lipinski definition) is 1. The van der Waals surface area contributed by atoms with Crippen LogP contribution in [-0.4, -0.2) is 19.6 Å². The first-order chi connectivity index (χ1) is 7.35. The van der Waals surface area contributed by atoms with E-state index in [-0.39, 0.29) is 0 Å². The lowest BCUT2D eigenvalue weighted by atomic mass is 10.1. The number of hydrogen-bond acceptors (Lipinski definition) is 2. The third kappa shape index (κ3) is 2.15. The minimum atomic E-state index is 0.743. The van der Waals surface area contributed by atoms with Gasteiger partial charge in [0.2, 0.25) is 0 Å². The predicted octanol–water partition coefficient (Wildman–Crippen LogP) is 1.96. The van der Waals surface area contributed by atoms with Gasteiger partial charge in [0, 0.05) is 18.8 Å². The molecule has 0 unspecified atom stereocenters. The highest BCUT2D eigenvalue weighted by molar-refractivity contribution is 5.59. The van der Waals surface area contributed by atoms with Gasteiger partial charge in [-0.1, -0.05) is 19.1 Å². The van der Waals surface area contributed by atoms with E-state index in [4.69, 9.17) is 5.73 Å². The van der Waals surface area contributed by atoms with Crippen LogP contribution in [0.15, 0.2) is 18.2 Å². The van der Waals surface area contributed by atoms with Gasteiger partial charge in [0.05, 0.1) is 0 Å². The van der Waals surface area contributed by atoms with E-state index in [9.17, 15) is 0 Å². The van der Waals surface area contributed by atoms with E-state index >= 15 is 0 Å². The van der Waals surface area contributed by atoms with Crippen LogP contribution in [0.3, 0.4) is 0 Å². The van der Waals surface area contributed by atoms with Crippen molar-refractivity contribution >= 4 is 5.69 Å². The Labute approximate surface area is 92.1 Å². The van der Waals surface area contributed by atoms with Crippen LogP contribution in [0, 0.1) is 0 Å². The number of nitrogens with two attached hydrogens (primary N) is 1. The zero-order valence-electron chi connectivity index (χ0n) is 9.50. The van der Waals surface area contributed by atoms with Crippen molar-refractivity contribution in [3.05, 3.63) is 29.3 Å².